The van der Waals surface area contributed by atoms with Gasteiger partial charge in [0.2, 0.25) is 0 Å². The number of aliphatic hydroxyl groups is 1. The van der Waals surface area contributed by atoms with Crippen molar-refractivity contribution in [2.45, 2.75) is 38.7 Å². The number of nitro groups is 1. The molecule has 20 heavy (non-hydrogen) atoms. The molecular formula is C14H19NO5. The maximum absolute atomic E-state index is 11.6. The van der Waals surface area contributed by atoms with Crippen LogP contribution in [0.25, 0.3) is 0 Å². The highest BCUT2D eigenvalue weighted by Gasteiger charge is 2.10. The van der Waals surface area contributed by atoms with E-state index in [0.717, 1.165) is 25.7 Å². The van der Waals surface area contributed by atoms with Gasteiger partial charge < -0.3 is 9.84 Å². The van der Waals surface area contributed by atoms with Gasteiger partial charge in [0, 0.05) is 12.1 Å². The van der Waals surface area contributed by atoms with Crippen LogP contribution in [0, 0.1) is 10.1 Å². The van der Waals surface area contributed by atoms with Crippen LogP contribution >= 0.6 is 0 Å². The summed E-state index contributed by atoms with van der Waals surface area (Å²) < 4.78 is 5.06. The van der Waals surface area contributed by atoms with Crippen molar-refractivity contribution in [1.29, 1.82) is 0 Å². The van der Waals surface area contributed by atoms with Crippen molar-refractivity contribution in [3.8, 4) is 0 Å². The Hall–Kier alpha value is -1.95. The number of ether oxygens (including phenoxy) is 1. The third-order valence-electron chi connectivity index (χ3n) is 2.81. The number of benzene rings is 1. The molecule has 0 aliphatic carbocycles. The van der Waals surface area contributed by atoms with Crippen molar-refractivity contribution < 1.29 is 19.6 Å². The van der Waals surface area contributed by atoms with E-state index in [-0.39, 0.29) is 11.8 Å². The zero-order valence-electron chi connectivity index (χ0n) is 11.4. The molecule has 0 fully saturated rings. The second-order valence-electron chi connectivity index (χ2n) is 4.64. The number of hydrogen-bond donors (Lipinski definition) is 1. The van der Waals surface area contributed by atoms with Gasteiger partial charge in [-0.3, -0.25) is 10.1 Å². The molecule has 0 radical (unpaired) electrons. The van der Waals surface area contributed by atoms with Crippen molar-refractivity contribution in [2.75, 3.05) is 6.61 Å². The van der Waals surface area contributed by atoms with E-state index in [9.17, 15) is 14.9 Å². The average Bonchev–Trinajstić information content (AvgIpc) is 2.42. The lowest BCUT2D eigenvalue weighted by atomic mass is 10.1. The summed E-state index contributed by atoms with van der Waals surface area (Å²) in [4.78, 5) is 21.6. The Morgan fingerprint density at radius 1 is 1.30 bits per heavy atom. The van der Waals surface area contributed by atoms with Crippen LogP contribution in [0.1, 0.15) is 43.0 Å². The van der Waals surface area contributed by atoms with Crippen LogP contribution in [0.15, 0.2) is 24.3 Å². The summed E-state index contributed by atoms with van der Waals surface area (Å²) in [6.07, 6.45) is 2.98. The molecule has 6 nitrogen and oxygen atoms in total. The molecule has 1 aromatic carbocycles. The van der Waals surface area contributed by atoms with E-state index in [4.69, 9.17) is 9.84 Å². The maximum Gasteiger partial charge on any atom is 0.338 e. The van der Waals surface area contributed by atoms with Crippen LogP contribution in [-0.2, 0) is 4.74 Å². The highest BCUT2D eigenvalue weighted by atomic mass is 16.6. The van der Waals surface area contributed by atoms with E-state index in [1.165, 1.54) is 24.3 Å². The largest absolute Gasteiger partial charge is 0.462 e. The summed E-state index contributed by atoms with van der Waals surface area (Å²) >= 11 is 0. The van der Waals surface area contributed by atoms with Crippen molar-refractivity contribution in [1.82, 2.24) is 0 Å². The number of carbonyl (C=O) groups is 1. The summed E-state index contributed by atoms with van der Waals surface area (Å²) in [6.45, 7) is 2.06. The Morgan fingerprint density at radius 3 is 2.50 bits per heavy atom. The van der Waals surface area contributed by atoms with Crippen LogP contribution in [-0.4, -0.2) is 28.7 Å². The fraction of sp³-hybridized carbons (Fsp3) is 0.500. The molecule has 0 saturated carbocycles. The van der Waals surface area contributed by atoms with Crippen LogP contribution in [0.5, 0.6) is 0 Å². The van der Waals surface area contributed by atoms with Crippen molar-refractivity contribution >= 4 is 11.7 Å². The van der Waals surface area contributed by atoms with Crippen LogP contribution in [0.2, 0.25) is 0 Å². The van der Waals surface area contributed by atoms with Gasteiger partial charge in [-0.15, -0.1) is 0 Å². The summed E-state index contributed by atoms with van der Waals surface area (Å²) in [5.74, 6) is -0.476. The molecule has 0 heterocycles. The van der Waals surface area contributed by atoms with Crippen molar-refractivity contribution in [2.24, 2.45) is 0 Å². The third-order valence-corrected chi connectivity index (χ3v) is 2.81. The lowest BCUT2D eigenvalue weighted by Gasteiger charge is -2.05. The topological polar surface area (TPSA) is 89.7 Å². The molecule has 0 aliphatic rings. The van der Waals surface area contributed by atoms with Gasteiger partial charge in [0.25, 0.3) is 5.69 Å². The first-order chi connectivity index (χ1) is 9.50. The smallest absolute Gasteiger partial charge is 0.338 e. The minimum Gasteiger partial charge on any atom is -0.462 e. The molecule has 1 atom stereocenters. The summed E-state index contributed by atoms with van der Waals surface area (Å²) in [5, 5.41) is 19.5. The molecule has 0 aliphatic heterocycles. The quantitative estimate of drug-likeness (QED) is 0.342. The van der Waals surface area contributed by atoms with Gasteiger partial charge in [0.05, 0.1) is 23.2 Å². The van der Waals surface area contributed by atoms with Gasteiger partial charge in [-0.05, 0) is 38.3 Å². The van der Waals surface area contributed by atoms with Crippen LogP contribution in [0.3, 0.4) is 0 Å². The molecule has 6 heteroatoms. The Labute approximate surface area is 117 Å². The molecule has 0 spiro atoms. The van der Waals surface area contributed by atoms with Crippen molar-refractivity contribution in [3.63, 3.8) is 0 Å². The molecular weight excluding hydrogens is 262 g/mol. The first-order valence-electron chi connectivity index (χ1n) is 6.60. The number of esters is 1. The fourth-order valence-corrected chi connectivity index (χ4v) is 1.69. The number of unbranched alkanes of at least 4 members (excludes halogenated alkanes) is 2. The second-order valence-corrected chi connectivity index (χ2v) is 4.64. The highest BCUT2D eigenvalue weighted by Crippen LogP contribution is 2.13. The van der Waals surface area contributed by atoms with Gasteiger partial charge in [-0.2, -0.15) is 0 Å². The molecule has 1 unspecified atom stereocenters. The number of rotatable bonds is 8. The number of non-ortho nitro benzene ring substituents is 1. The molecule has 0 aromatic heterocycles. The first kappa shape index (κ1) is 16.1. The number of nitro benzene ring substituents is 1. The SMILES string of the molecule is CC(O)CCCCCOC(=O)c1ccc([N+](=O)[O-])cc1. The van der Waals surface area contributed by atoms with Gasteiger partial charge in [0.1, 0.15) is 0 Å². The number of nitrogens with zero attached hydrogens (tertiary/aromatic N) is 1. The number of aliphatic hydroxyl groups excluding tert-OH is 1. The standard InChI is InChI=1S/C14H19NO5/c1-11(16)5-3-2-4-10-20-14(17)12-6-8-13(9-7-12)15(18)19/h6-9,11,16H,2-5,10H2,1H3. The molecule has 1 N–H and O–H groups in total. The van der Waals surface area contributed by atoms with Gasteiger partial charge in [-0.25, -0.2) is 4.79 Å². The lowest BCUT2D eigenvalue weighted by Crippen LogP contribution is -2.07. The normalized spacial score (nSPS) is 11.9. The van der Waals surface area contributed by atoms with Crippen molar-refractivity contribution in [3.05, 3.63) is 39.9 Å². The maximum atomic E-state index is 11.6. The van der Waals surface area contributed by atoms with Gasteiger partial charge in [0.15, 0.2) is 0 Å². The molecule has 0 saturated heterocycles. The van der Waals surface area contributed by atoms with Gasteiger partial charge >= 0.3 is 5.97 Å². The monoisotopic (exact) mass is 281 g/mol. The van der Waals surface area contributed by atoms with E-state index in [2.05, 4.69) is 0 Å². The predicted molar refractivity (Wildman–Crippen MR) is 73.5 cm³/mol. The lowest BCUT2D eigenvalue weighted by molar-refractivity contribution is -0.384. The Morgan fingerprint density at radius 2 is 1.95 bits per heavy atom. The third kappa shape index (κ3) is 5.79. The van der Waals surface area contributed by atoms with E-state index >= 15 is 0 Å². The molecule has 1 aromatic rings. The summed E-state index contributed by atoms with van der Waals surface area (Å²) in [7, 11) is 0. The van der Waals surface area contributed by atoms with Crippen LogP contribution < -0.4 is 0 Å². The predicted octanol–water partition coefficient (Wildman–Crippen LogP) is 2.69. The zero-order valence-corrected chi connectivity index (χ0v) is 11.4. The second kappa shape index (κ2) is 8.27. The Balaban J connectivity index is 2.27. The molecule has 110 valence electrons. The highest BCUT2D eigenvalue weighted by molar-refractivity contribution is 5.89. The first-order valence-corrected chi connectivity index (χ1v) is 6.60. The summed E-state index contributed by atoms with van der Waals surface area (Å²) in [5.41, 5.74) is 0.249. The van der Waals surface area contributed by atoms with E-state index in [1.807, 2.05) is 0 Å². The minimum absolute atomic E-state index is 0.0559. The van der Waals surface area contributed by atoms with E-state index in [1.54, 1.807) is 6.92 Å². The summed E-state index contributed by atoms with van der Waals surface area (Å²) in [6, 6.07) is 5.32. The number of carbonyl (C=O) groups excluding carboxylic acids is 1. The van der Waals surface area contributed by atoms with Crippen LogP contribution in [0.4, 0.5) is 5.69 Å². The minimum atomic E-state index is -0.517. The van der Waals surface area contributed by atoms with E-state index < -0.39 is 10.9 Å². The number of hydrogen-bond acceptors (Lipinski definition) is 5. The molecule has 1 rings (SSSR count). The zero-order chi connectivity index (χ0) is 15.0. The van der Waals surface area contributed by atoms with E-state index in [0.29, 0.717) is 12.2 Å². The molecule has 0 amide bonds. The van der Waals surface area contributed by atoms with Gasteiger partial charge in [-0.1, -0.05) is 6.42 Å². The Kier molecular flexibility index (Phi) is 6.66. The average molecular weight is 281 g/mol. The Bertz CT molecular complexity index is 441. The molecule has 0 bridgehead atoms. The fourth-order valence-electron chi connectivity index (χ4n) is 1.69.